The van der Waals surface area contributed by atoms with Gasteiger partial charge in [0.25, 0.3) is 11.8 Å². The summed E-state index contributed by atoms with van der Waals surface area (Å²) < 4.78 is 0. The quantitative estimate of drug-likeness (QED) is 0.835. The van der Waals surface area contributed by atoms with Gasteiger partial charge in [0.05, 0.1) is 5.57 Å². The fourth-order valence-electron chi connectivity index (χ4n) is 2.77. The molecular formula is C19H21N3O2S. The summed E-state index contributed by atoms with van der Waals surface area (Å²) in [6.45, 7) is 3.69. The molecule has 0 unspecified atom stereocenters. The maximum atomic E-state index is 12.8. The van der Waals surface area contributed by atoms with E-state index in [2.05, 4.69) is 5.32 Å². The second-order valence-corrected chi connectivity index (χ2v) is 7.32. The van der Waals surface area contributed by atoms with Gasteiger partial charge in [-0.05, 0) is 49.6 Å². The molecule has 0 saturated heterocycles. The highest BCUT2D eigenvalue weighted by atomic mass is 32.1. The third-order valence-electron chi connectivity index (χ3n) is 4.05. The van der Waals surface area contributed by atoms with E-state index in [0.29, 0.717) is 11.3 Å². The van der Waals surface area contributed by atoms with Crippen molar-refractivity contribution in [1.29, 1.82) is 0 Å². The number of hydrogen-bond acceptors (Lipinski definition) is 5. The van der Waals surface area contributed by atoms with Gasteiger partial charge in [-0.15, -0.1) is 11.3 Å². The van der Waals surface area contributed by atoms with Crippen LogP contribution in [0.15, 0.2) is 47.5 Å². The van der Waals surface area contributed by atoms with E-state index in [1.807, 2.05) is 74.6 Å². The second-order valence-electron chi connectivity index (χ2n) is 6.37. The topological polar surface area (TPSA) is 52.7 Å². The predicted molar refractivity (Wildman–Crippen MR) is 103 cm³/mol. The van der Waals surface area contributed by atoms with Gasteiger partial charge in [-0.3, -0.25) is 14.5 Å². The van der Waals surface area contributed by atoms with Crippen molar-refractivity contribution in [2.75, 3.05) is 24.3 Å². The number of rotatable bonds is 5. The minimum Gasteiger partial charge on any atom is -0.378 e. The summed E-state index contributed by atoms with van der Waals surface area (Å²) in [4.78, 5) is 29.7. The largest absolute Gasteiger partial charge is 0.378 e. The zero-order valence-electron chi connectivity index (χ0n) is 14.7. The maximum absolute atomic E-state index is 12.8. The van der Waals surface area contributed by atoms with Crippen molar-refractivity contribution in [2.24, 2.45) is 0 Å². The number of carbonyl (C=O) groups is 2. The van der Waals surface area contributed by atoms with Crippen molar-refractivity contribution in [2.45, 2.75) is 19.9 Å². The molecule has 2 heterocycles. The van der Waals surface area contributed by atoms with E-state index in [1.54, 1.807) is 0 Å². The SMILES string of the molecule is CC(C)N1C(=O)C(Nc2ccc(N(C)C)cc2)=C(c2cccs2)C1=O. The van der Waals surface area contributed by atoms with Crippen molar-refractivity contribution in [1.82, 2.24) is 4.90 Å². The Balaban J connectivity index is 2.00. The minimum absolute atomic E-state index is 0.189. The normalized spacial score (nSPS) is 14.7. The van der Waals surface area contributed by atoms with Crippen LogP contribution in [0.3, 0.4) is 0 Å². The smallest absolute Gasteiger partial charge is 0.278 e. The van der Waals surface area contributed by atoms with E-state index in [4.69, 9.17) is 0 Å². The fraction of sp³-hybridized carbons (Fsp3) is 0.263. The summed E-state index contributed by atoms with van der Waals surface area (Å²) >= 11 is 1.46. The van der Waals surface area contributed by atoms with E-state index < -0.39 is 0 Å². The van der Waals surface area contributed by atoms with Crippen LogP contribution in [0.1, 0.15) is 18.7 Å². The molecule has 130 valence electrons. The molecule has 25 heavy (non-hydrogen) atoms. The molecule has 0 saturated carbocycles. The molecule has 0 aliphatic carbocycles. The standard InChI is InChI=1S/C19H21N3O2S/c1-12(2)22-18(23)16(15-6-5-11-25-15)17(19(22)24)20-13-7-9-14(10-8-13)21(3)4/h5-12,20H,1-4H3. The average Bonchev–Trinajstić information content (AvgIpc) is 3.15. The average molecular weight is 355 g/mol. The summed E-state index contributed by atoms with van der Waals surface area (Å²) in [5.41, 5.74) is 2.64. The van der Waals surface area contributed by atoms with Gasteiger partial charge >= 0.3 is 0 Å². The van der Waals surface area contributed by atoms with Gasteiger partial charge in [0, 0.05) is 36.4 Å². The number of thiophene rings is 1. The zero-order valence-corrected chi connectivity index (χ0v) is 15.6. The summed E-state index contributed by atoms with van der Waals surface area (Å²) in [7, 11) is 3.94. The lowest BCUT2D eigenvalue weighted by Gasteiger charge is -2.19. The number of anilines is 2. The Morgan fingerprint density at radius 3 is 2.24 bits per heavy atom. The third-order valence-corrected chi connectivity index (χ3v) is 4.94. The lowest BCUT2D eigenvalue weighted by atomic mass is 10.1. The van der Waals surface area contributed by atoms with Gasteiger partial charge in [0.2, 0.25) is 0 Å². The first-order chi connectivity index (χ1) is 11.9. The summed E-state index contributed by atoms with van der Waals surface area (Å²) in [5.74, 6) is -0.519. The molecule has 1 aromatic heterocycles. The van der Waals surface area contributed by atoms with E-state index in [-0.39, 0.29) is 17.9 Å². The first kappa shape index (κ1) is 17.2. The van der Waals surface area contributed by atoms with Crippen molar-refractivity contribution in [3.63, 3.8) is 0 Å². The Morgan fingerprint density at radius 1 is 1.04 bits per heavy atom. The minimum atomic E-state index is -0.278. The number of nitrogens with one attached hydrogen (secondary N) is 1. The van der Waals surface area contributed by atoms with Crippen LogP contribution in [-0.2, 0) is 9.59 Å². The molecule has 0 spiro atoms. The first-order valence-corrected chi connectivity index (χ1v) is 8.98. The Labute approximate surface area is 151 Å². The Morgan fingerprint density at radius 2 is 1.72 bits per heavy atom. The molecule has 2 aromatic rings. The summed E-state index contributed by atoms with van der Waals surface area (Å²) in [6, 6.07) is 11.3. The Hall–Kier alpha value is -2.60. The van der Waals surface area contributed by atoms with Crippen molar-refractivity contribution >= 4 is 40.1 Å². The molecule has 0 fully saturated rings. The Bertz CT molecular complexity index is 821. The van der Waals surface area contributed by atoms with Gasteiger partial charge in [-0.25, -0.2) is 0 Å². The molecule has 3 rings (SSSR count). The molecule has 1 N–H and O–H groups in total. The molecule has 1 aliphatic rings. The van der Waals surface area contributed by atoms with Crippen molar-refractivity contribution in [3.05, 3.63) is 52.4 Å². The maximum Gasteiger partial charge on any atom is 0.278 e. The molecule has 0 radical (unpaired) electrons. The van der Waals surface area contributed by atoms with Gasteiger partial charge < -0.3 is 10.2 Å². The highest BCUT2D eigenvalue weighted by Gasteiger charge is 2.40. The molecule has 2 amide bonds. The zero-order chi connectivity index (χ0) is 18.1. The monoisotopic (exact) mass is 355 g/mol. The molecule has 6 heteroatoms. The van der Waals surface area contributed by atoms with Crippen LogP contribution >= 0.6 is 11.3 Å². The molecule has 0 atom stereocenters. The van der Waals surface area contributed by atoms with Gasteiger partial charge in [0.15, 0.2) is 0 Å². The first-order valence-electron chi connectivity index (χ1n) is 8.10. The van der Waals surface area contributed by atoms with Crippen LogP contribution in [0.2, 0.25) is 0 Å². The van der Waals surface area contributed by atoms with Crippen LogP contribution < -0.4 is 10.2 Å². The van der Waals surface area contributed by atoms with Crippen LogP contribution in [0.4, 0.5) is 11.4 Å². The highest BCUT2D eigenvalue weighted by Crippen LogP contribution is 2.33. The molecular weight excluding hydrogens is 334 g/mol. The lowest BCUT2D eigenvalue weighted by Crippen LogP contribution is -2.38. The van der Waals surface area contributed by atoms with Crippen LogP contribution in [0.25, 0.3) is 5.57 Å². The number of nitrogens with zero attached hydrogens (tertiary/aromatic N) is 2. The number of amides is 2. The fourth-order valence-corrected chi connectivity index (χ4v) is 3.54. The molecule has 0 bridgehead atoms. The Kier molecular flexibility index (Phi) is 4.63. The van der Waals surface area contributed by atoms with E-state index in [9.17, 15) is 9.59 Å². The van der Waals surface area contributed by atoms with Gasteiger partial charge in [-0.1, -0.05) is 6.07 Å². The second kappa shape index (κ2) is 6.72. The van der Waals surface area contributed by atoms with Crippen LogP contribution in [0.5, 0.6) is 0 Å². The number of imide groups is 1. The molecule has 1 aliphatic heterocycles. The van der Waals surface area contributed by atoms with Gasteiger partial charge in [0.1, 0.15) is 5.70 Å². The molecule has 5 nitrogen and oxygen atoms in total. The number of hydrogen-bond donors (Lipinski definition) is 1. The molecule has 1 aromatic carbocycles. The van der Waals surface area contributed by atoms with E-state index >= 15 is 0 Å². The number of carbonyl (C=O) groups excluding carboxylic acids is 2. The number of benzene rings is 1. The van der Waals surface area contributed by atoms with Crippen molar-refractivity contribution in [3.8, 4) is 0 Å². The van der Waals surface area contributed by atoms with E-state index in [1.165, 1.54) is 16.2 Å². The lowest BCUT2D eigenvalue weighted by molar-refractivity contribution is -0.138. The predicted octanol–water partition coefficient (Wildman–Crippen LogP) is 3.41. The van der Waals surface area contributed by atoms with Crippen LogP contribution in [0, 0.1) is 0 Å². The highest BCUT2D eigenvalue weighted by molar-refractivity contribution is 7.11. The van der Waals surface area contributed by atoms with E-state index in [0.717, 1.165) is 16.3 Å². The van der Waals surface area contributed by atoms with Gasteiger partial charge in [-0.2, -0.15) is 0 Å². The van der Waals surface area contributed by atoms with Crippen LogP contribution in [-0.4, -0.2) is 36.9 Å². The van der Waals surface area contributed by atoms with Crippen molar-refractivity contribution < 1.29 is 9.59 Å². The third kappa shape index (κ3) is 3.17. The summed E-state index contributed by atoms with van der Waals surface area (Å²) in [6.07, 6.45) is 0. The summed E-state index contributed by atoms with van der Waals surface area (Å²) in [5, 5.41) is 5.07.